The number of nitrogens with one attached hydrogen (secondary N) is 3. The Morgan fingerprint density at radius 3 is 2.64 bits per heavy atom. The third-order valence-corrected chi connectivity index (χ3v) is 5.76. The van der Waals surface area contributed by atoms with Gasteiger partial charge < -0.3 is 15.4 Å². The van der Waals surface area contributed by atoms with Crippen LogP contribution in [0.1, 0.15) is 11.1 Å². The van der Waals surface area contributed by atoms with Gasteiger partial charge in [0, 0.05) is 22.6 Å². The second kappa shape index (κ2) is 9.89. The minimum absolute atomic E-state index is 0.122. The lowest BCUT2D eigenvalue weighted by Crippen LogP contribution is -2.30. The van der Waals surface area contributed by atoms with Crippen LogP contribution in [-0.2, 0) is 27.8 Å². The van der Waals surface area contributed by atoms with E-state index in [4.69, 9.17) is 4.74 Å². The Morgan fingerprint density at radius 1 is 1.19 bits per heavy atom. The summed E-state index contributed by atoms with van der Waals surface area (Å²) >= 11 is 0. The van der Waals surface area contributed by atoms with Gasteiger partial charge in [-0.15, -0.1) is 0 Å². The molecule has 14 heteroatoms. The van der Waals surface area contributed by atoms with Crippen molar-refractivity contribution in [2.45, 2.75) is 19.5 Å². The summed E-state index contributed by atoms with van der Waals surface area (Å²) in [7, 11) is -2.30. The number of fused-ring (bicyclic) bond motifs is 1. The highest BCUT2D eigenvalue weighted by Gasteiger charge is 2.25. The maximum atomic E-state index is 14.6. The van der Waals surface area contributed by atoms with E-state index in [1.54, 1.807) is 18.2 Å². The number of ether oxygens (including phenoxy) is 1. The highest BCUT2D eigenvalue weighted by atomic mass is 32.2. The van der Waals surface area contributed by atoms with Crippen LogP contribution in [0, 0.1) is 5.82 Å². The molecule has 10 nitrogen and oxygen atoms in total. The first-order valence-electron chi connectivity index (χ1n) is 10.4. The van der Waals surface area contributed by atoms with Crippen molar-refractivity contribution >= 4 is 44.8 Å². The lowest BCUT2D eigenvalue weighted by molar-refractivity contribution is -0.115. The van der Waals surface area contributed by atoms with Gasteiger partial charge in [0.25, 0.3) is 0 Å². The van der Waals surface area contributed by atoms with E-state index in [0.29, 0.717) is 16.3 Å². The smallest absolute Gasteiger partial charge is 0.316 e. The molecule has 0 bridgehead atoms. The Kier molecular flexibility index (Phi) is 6.88. The van der Waals surface area contributed by atoms with E-state index in [1.165, 1.54) is 25.3 Å². The maximum Gasteiger partial charge on any atom is 0.316 e. The Bertz CT molecular complexity index is 1420. The number of methoxy groups -OCH3 is 1. The fourth-order valence-corrected chi connectivity index (χ4v) is 4.20. The number of hydrogen-bond acceptors (Lipinski definition) is 8. The zero-order valence-electron chi connectivity index (χ0n) is 19.0. The first kappa shape index (κ1) is 25.0. The molecular weight excluding hydrogens is 501 g/mol. The Morgan fingerprint density at radius 2 is 1.94 bits per heavy atom. The minimum atomic E-state index is -3.62. The fraction of sp³-hybridized carbons (Fsp3) is 0.227. The van der Waals surface area contributed by atoms with Crippen molar-refractivity contribution in [2.75, 3.05) is 33.6 Å². The number of amides is 1. The van der Waals surface area contributed by atoms with Crippen LogP contribution in [0.5, 0.6) is 5.75 Å². The number of carbonyl (C=O) groups is 1. The molecule has 0 saturated heterocycles. The summed E-state index contributed by atoms with van der Waals surface area (Å²) in [6.45, 7) is -3.73. The van der Waals surface area contributed by atoms with E-state index >= 15 is 0 Å². The molecule has 2 heterocycles. The van der Waals surface area contributed by atoms with Crippen LogP contribution in [0.3, 0.4) is 0 Å². The van der Waals surface area contributed by atoms with Gasteiger partial charge in [-0.2, -0.15) is 13.8 Å². The molecule has 190 valence electrons. The maximum absolute atomic E-state index is 14.6. The zero-order valence-corrected chi connectivity index (χ0v) is 19.9. The van der Waals surface area contributed by atoms with Crippen molar-refractivity contribution in [3.8, 4) is 5.75 Å². The van der Waals surface area contributed by atoms with E-state index in [9.17, 15) is 26.4 Å². The molecule has 1 aliphatic heterocycles. The lowest BCUT2D eigenvalue weighted by atomic mass is 10.1. The van der Waals surface area contributed by atoms with Gasteiger partial charge >= 0.3 is 6.55 Å². The van der Waals surface area contributed by atoms with E-state index in [-0.39, 0.29) is 35.3 Å². The van der Waals surface area contributed by atoms with E-state index in [1.807, 2.05) is 0 Å². The van der Waals surface area contributed by atoms with Gasteiger partial charge in [-0.25, -0.2) is 17.8 Å². The van der Waals surface area contributed by atoms with Gasteiger partial charge in [-0.05, 0) is 35.9 Å². The molecule has 0 fully saturated rings. The van der Waals surface area contributed by atoms with Gasteiger partial charge in [0.05, 0.1) is 32.5 Å². The van der Waals surface area contributed by atoms with Gasteiger partial charge in [-0.3, -0.25) is 14.4 Å². The van der Waals surface area contributed by atoms with Gasteiger partial charge in [0.15, 0.2) is 11.6 Å². The van der Waals surface area contributed by atoms with Crippen LogP contribution in [0.15, 0.2) is 42.6 Å². The molecule has 0 aliphatic carbocycles. The quantitative estimate of drug-likeness (QED) is 0.365. The summed E-state index contributed by atoms with van der Waals surface area (Å²) in [4.78, 5) is 19.7. The number of nitrogens with zero attached hydrogens (tertiary/aromatic N) is 3. The summed E-state index contributed by atoms with van der Waals surface area (Å²) < 4.78 is 73.4. The second-order valence-corrected chi connectivity index (χ2v) is 9.64. The number of anilines is 5. The van der Waals surface area contributed by atoms with Crippen molar-refractivity contribution in [3.05, 3.63) is 59.5 Å². The molecule has 3 aromatic rings. The summed E-state index contributed by atoms with van der Waals surface area (Å²) in [5.74, 6) is -1.89. The fourth-order valence-electron chi connectivity index (χ4n) is 3.64. The molecule has 36 heavy (non-hydrogen) atoms. The molecule has 0 spiro atoms. The Balaban J connectivity index is 1.63. The van der Waals surface area contributed by atoms with Gasteiger partial charge in [-0.1, -0.05) is 6.07 Å². The molecule has 0 atom stereocenters. The second-order valence-electron chi connectivity index (χ2n) is 7.89. The highest BCUT2D eigenvalue weighted by Crippen LogP contribution is 2.31. The van der Waals surface area contributed by atoms with Crippen molar-refractivity contribution in [1.29, 1.82) is 0 Å². The largest absolute Gasteiger partial charge is 0.496 e. The van der Waals surface area contributed by atoms with Crippen LogP contribution in [0.25, 0.3) is 0 Å². The number of alkyl halides is 2. The van der Waals surface area contributed by atoms with Gasteiger partial charge in [0.1, 0.15) is 5.75 Å². The molecule has 3 N–H and O–H groups in total. The number of halogens is 3. The standard InChI is InChI=1S/C22H21F3N6O4S/c1-35-18-6-5-15(30-36(2,33)34)7-13(18)11-31(21(24)25)20-16(23)10-26-22(29-20)27-14-4-3-12-8-19(32)28-17(12)9-14/h3-7,9-10,21,30H,8,11H2,1-2H3,(H,28,32)(H,26,27,29). The normalized spacial score (nSPS) is 12.8. The van der Waals surface area contributed by atoms with E-state index in [2.05, 4.69) is 25.3 Å². The summed E-state index contributed by atoms with van der Waals surface area (Å²) in [6, 6.07) is 9.12. The molecule has 0 saturated carbocycles. The van der Waals surface area contributed by atoms with Gasteiger partial charge in [0.2, 0.25) is 21.9 Å². The van der Waals surface area contributed by atoms with Crippen LogP contribution in [0.4, 0.5) is 42.0 Å². The first-order valence-corrected chi connectivity index (χ1v) is 12.3. The number of sulfonamides is 1. The summed E-state index contributed by atoms with van der Waals surface area (Å²) in [5.41, 5.74) is 2.14. The molecule has 0 unspecified atom stereocenters. The molecule has 4 rings (SSSR count). The Labute approximate surface area is 204 Å². The van der Waals surface area contributed by atoms with E-state index in [0.717, 1.165) is 18.0 Å². The van der Waals surface area contributed by atoms with E-state index < -0.39 is 34.8 Å². The highest BCUT2D eigenvalue weighted by molar-refractivity contribution is 7.92. The number of hydrogen-bond donors (Lipinski definition) is 3. The number of benzene rings is 2. The minimum Gasteiger partial charge on any atom is -0.496 e. The van der Waals surface area contributed by atoms with Crippen molar-refractivity contribution in [3.63, 3.8) is 0 Å². The van der Waals surface area contributed by atoms with Crippen LogP contribution in [0.2, 0.25) is 0 Å². The topological polar surface area (TPSA) is 126 Å². The molecule has 1 aromatic heterocycles. The lowest BCUT2D eigenvalue weighted by Gasteiger charge is -2.24. The predicted octanol–water partition coefficient (Wildman–Crippen LogP) is 3.46. The monoisotopic (exact) mass is 522 g/mol. The molecule has 1 amide bonds. The number of aromatic nitrogens is 2. The summed E-state index contributed by atoms with van der Waals surface area (Å²) in [6.07, 6.45) is 1.96. The van der Waals surface area contributed by atoms with Crippen molar-refractivity contribution in [2.24, 2.45) is 0 Å². The van der Waals surface area contributed by atoms with Crippen LogP contribution in [-0.4, -0.2) is 44.2 Å². The SMILES string of the molecule is COc1ccc(NS(C)(=O)=O)cc1CN(c1nc(Nc2ccc3c(c2)NC(=O)C3)ncc1F)C(F)F. The average Bonchev–Trinajstić information content (AvgIpc) is 3.17. The Hall–Kier alpha value is -4.07. The molecule has 0 radical (unpaired) electrons. The summed E-state index contributed by atoms with van der Waals surface area (Å²) in [5, 5.41) is 5.51. The number of rotatable bonds is 9. The predicted molar refractivity (Wildman–Crippen MR) is 128 cm³/mol. The van der Waals surface area contributed by atoms with Crippen LogP contribution >= 0.6 is 0 Å². The zero-order chi connectivity index (χ0) is 26.0. The average molecular weight is 523 g/mol. The molecule has 1 aliphatic rings. The molecular formula is C22H21F3N6O4S. The number of carbonyl (C=O) groups excluding carboxylic acids is 1. The molecule has 2 aromatic carbocycles. The third kappa shape index (κ3) is 5.76. The third-order valence-electron chi connectivity index (χ3n) is 5.15. The van der Waals surface area contributed by atoms with Crippen LogP contribution < -0.4 is 25.0 Å². The van der Waals surface area contributed by atoms with Crippen molar-refractivity contribution < 1.29 is 31.1 Å². The first-order chi connectivity index (χ1) is 17.0. The van der Waals surface area contributed by atoms with Crippen molar-refractivity contribution in [1.82, 2.24) is 9.97 Å².